The number of carboxylic acid groups (broad SMARTS) is 1. The Hall–Kier alpha value is -1.56. The molecule has 0 bridgehead atoms. The lowest BCUT2D eigenvalue weighted by molar-refractivity contribution is 0.0697. The first-order chi connectivity index (χ1) is 9.65. The highest BCUT2D eigenvalue weighted by molar-refractivity contribution is 7.16. The second kappa shape index (κ2) is 6.93. The number of rotatable bonds is 5. The average Bonchev–Trinajstić information content (AvgIpc) is 2.61. The molecule has 1 aromatic rings. The molecule has 118 valence electrons. The van der Waals surface area contributed by atoms with Crippen molar-refractivity contribution in [1.82, 2.24) is 4.90 Å². The molecule has 2 N–H and O–H groups in total. The smallest absolute Gasteiger partial charge is 0.338 e. The minimum atomic E-state index is -1.01. The van der Waals surface area contributed by atoms with Gasteiger partial charge in [0.2, 0.25) is 0 Å². The van der Waals surface area contributed by atoms with E-state index in [9.17, 15) is 14.7 Å². The van der Waals surface area contributed by atoms with Gasteiger partial charge in [-0.2, -0.15) is 0 Å². The van der Waals surface area contributed by atoms with E-state index in [-0.39, 0.29) is 17.6 Å². The fourth-order valence-corrected chi connectivity index (χ4v) is 3.11. The molecule has 0 unspecified atom stereocenters. The van der Waals surface area contributed by atoms with Crippen LogP contribution in [0.15, 0.2) is 0 Å². The summed E-state index contributed by atoms with van der Waals surface area (Å²) >= 11 is 1.31. The number of carboxylic acids is 1. The number of aryl methyl sites for hydroxylation is 1. The van der Waals surface area contributed by atoms with E-state index in [1.807, 2.05) is 34.6 Å². The summed E-state index contributed by atoms with van der Waals surface area (Å²) in [5, 5.41) is 12.5. The summed E-state index contributed by atoms with van der Waals surface area (Å²) in [6.07, 6.45) is 0. The van der Waals surface area contributed by atoms with Crippen molar-refractivity contribution in [3.05, 3.63) is 16.0 Å². The van der Waals surface area contributed by atoms with Crippen molar-refractivity contribution in [2.24, 2.45) is 5.92 Å². The highest BCUT2D eigenvalue weighted by Crippen LogP contribution is 2.32. The first kappa shape index (κ1) is 17.5. The second-order valence-corrected chi connectivity index (χ2v) is 7.09. The summed E-state index contributed by atoms with van der Waals surface area (Å²) in [5.74, 6) is -0.656. The van der Waals surface area contributed by atoms with E-state index in [4.69, 9.17) is 0 Å². The van der Waals surface area contributed by atoms with Crippen LogP contribution in [0.1, 0.15) is 48.5 Å². The number of nitrogens with one attached hydrogen (secondary N) is 1. The molecule has 1 heterocycles. The van der Waals surface area contributed by atoms with Crippen LogP contribution in [0.5, 0.6) is 0 Å². The average molecular weight is 312 g/mol. The van der Waals surface area contributed by atoms with Gasteiger partial charge in [0.15, 0.2) is 0 Å². The Kier molecular flexibility index (Phi) is 5.78. The maximum atomic E-state index is 12.4. The summed E-state index contributed by atoms with van der Waals surface area (Å²) in [4.78, 5) is 26.4. The van der Waals surface area contributed by atoms with Crippen molar-refractivity contribution >= 4 is 28.3 Å². The molecule has 21 heavy (non-hydrogen) atoms. The first-order valence-corrected chi connectivity index (χ1v) is 7.87. The largest absolute Gasteiger partial charge is 0.478 e. The Bertz CT molecular complexity index is 535. The fourth-order valence-electron chi connectivity index (χ4n) is 2.06. The van der Waals surface area contributed by atoms with Crippen LogP contribution in [0.25, 0.3) is 0 Å². The molecule has 0 spiro atoms. The van der Waals surface area contributed by atoms with Gasteiger partial charge in [0.1, 0.15) is 5.00 Å². The van der Waals surface area contributed by atoms with Crippen LogP contribution in [0, 0.1) is 19.8 Å². The maximum absolute atomic E-state index is 12.4. The van der Waals surface area contributed by atoms with Crippen molar-refractivity contribution in [1.29, 1.82) is 0 Å². The predicted octanol–water partition coefficient (Wildman–Crippen LogP) is 3.96. The minimum absolute atomic E-state index is 0.0582. The monoisotopic (exact) mass is 312 g/mol. The molecule has 0 atom stereocenters. The van der Waals surface area contributed by atoms with E-state index in [0.717, 1.165) is 4.88 Å². The number of urea groups is 1. The van der Waals surface area contributed by atoms with Gasteiger partial charge < -0.3 is 10.0 Å². The van der Waals surface area contributed by atoms with E-state index in [1.165, 1.54) is 11.3 Å². The number of hydrogen-bond donors (Lipinski definition) is 2. The summed E-state index contributed by atoms with van der Waals surface area (Å²) in [5.41, 5.74) is 0.904. The van der Waals surface area contributed by atoms with Gasteiger partial charge in [-0.25, -0.2) is 9.59 Å². The third-order valence-corrected chi connectivity index (χ3v) is 4.39. The zero-order chi connectivity index (χ0) is 16.3. The van der Waals surface area contributed by atoms with Gasteiger partial charge in [-0.3, -0.25) is 5.32 Å². The Labute approximate surface area is 130 Å². The normalized spacial score (nSPS) is 11.0. The van der Waals surface area contributed by atoms with Gasteiger partial charge in [0.05, 0.1) is 5.56 Å². The van der Waals surface area contributed by atoms with Crippen LogP contribution >= 0.6 is 11.3 Å². The number of thiophene rings is 1. The van der Waals surface area contributed by atoms with Crippen molar-refractivity contribution in [3.63, 3.8) is 0 Å². The van der Waals surface area contributed by atoms with Crippen molar-refractivity contribution in [3.8, 4) is 0 Å². The number of carbonyl (C=O) groups is 2. The number of hydrogen-bond acceptors (Lipinski definition) is 3. The minimum Gasteiger partial charge on any atom is -0.478 e. The quantitative estimate of drug-likeness (QED) is 0.864. The van der Waals surface area contributed by atoms with Crippen LogP contribution in [0.4, 0.5) is 9.80 Å². The zero-order valence-electron chi connectivity index (χ0n) is 13.5. The number of carbonyl (C=O) groups excluding carboxylic acids is 1. The Morgan fingerprint density at radius 3 is 2.24 bits per heavy atom. The van der Waals surface area contributed by atoms with Gasteiger partial charge in [-0.1, -0.05) is 13.8 Å². The van der Waals surface area contributed by atoms with E-state index in [0.29, 0.717) is 23.0 Å². The molecule has 0 aliphatic heterocycles. The molecule has 2 amide bonds. The topological polar surface area (TPSA) is 69.6 Å². The number of anilines is 1. The number of aromatic carboxylic acids is 1. The fraction of sp³-hybridized carbons (Fsp3) is 0.600. The molecule has 1 rings (SSSR count). The van der Waals surface area contributed by atoms with Crippen LogP contribution in [-0.2, 0) is 0 Å². The van der Waals surface area contributed by atoms with E-state index in [2.05, 4.69) is 5.32 Å². The van der Waals surface area contributed by atoms with Crippen molar-refractivity contribution in [2.75, 3.05) is 11.9 Å². The Morgan fingerprint density at radius 1 is 1.24 bits per heavy atom. The lowest BCUT2D eigenvalue weighted by atomic mass is 10.1. The van der Waals surface area contributed by atoms with Gasteiger partial charge in [0.25, 0.3) is 0 Å². The summed E-state index contributed by atoms with van der Waals surface area (Å²) in [7, 11) is 0. The molecule has 5 nitrogen and oxygen atoms in total. The molecule has 0 aliphatic carbocycles. The van der Waals surface area contributed by atoms with Crippen LogP contribution < -0.4 is 5.32 Å². The molecule has 0 saturated heterocycles. The molecule has 0 aromatic carbocycles. The zero-order valence-corrected chi connectivity index (χ0v) is 14.3. The molecule has 0 saturated carbocycles. The van der Waals surface area contributed by atoms with Gasteiger partial charge >= 0.3 is 12.0 Å². The SMILES string of the molecule is Cc1sc(NC(=O)N(CC(C)C)C(C)C)c(C(=O)O)c1C. The molecular formula is C15H24N2O3S. The van der Waals surface area contributed by atoms with Crippen LogP contribution in [0.2, 0.25) is 0 Å². The summed E-state index contributed by atoms with van der Waals surface area (Å²) in [6.45, 7) is 12.2. The Balaban J connectivity index is 3.02. The highest BCUT2D eigenvalue weighted by atomic mass is 32.1. The number of amides is 2. The predicted molar refractivity (Wildman–Crippen MR) is 86.5 cm³/mol. The highest BCUT2D eigenvalue weighted by Gasteiger charge is 2.24. The third kappa shape index (κ3) is 4.20. The first-order valence-electron chi connectivity index (χ1n) is 7.06. The van der Waals surface area contributed by atoms with Crippen molar-refractivity contribution < 1.29 is 14.7 Å². The molecule has 1 aromatic heterocycles. The van der Waals surface area contributed by atoms with E-state index >= 15 is 0 Å². The summed E-state index contributed by atoms with van der Waals surface area (Å²) < 4.78 is 0. The third-order valence-electron chi connectivity index (χ3n) is 3.27. The second-order valence-electron chi connectivity index (χ2n) is 5.86. The van der Waals surface area contributed by atoms with Crippen molar-refractivity contribution in [2.45, 2.75) is 47.6 Å². The van der Waals surface area contributed by atoms with Gasteiger partial charge in [-0.05, 0) is 39.2 Å². The number of nitrogens with zero attached hydrogens (tertiary/aromatic N) is 1. The Morgan fingerprint density at radius 2 is 1.81 bits per heavy atom. The molecule has 0 aliphatic rings. The maximum Gasteiger partial charge on any atom is 0.338 e. The van der Waals surface area contributed by atoms with Gasteiger partial charge in [0, 0.05) is 17.5 Å². The van der Waals surface area contributed by atoms with Gasteiger partial charge in [-0.15, -0.1) is 11.3 Å². The molecular weight excluding hydrogens is 288 g/mol. The summed E-state index contributed by atoms with van der Waals surface area (Å²) in [6, 6.07) is -0.190. The van der Waals surface area contributed by atoms with E-state index in [1.54, 1.807) is 11.8 Å². The lowest BCUT2D eigenvalue weighted by Crippen LogP contribution is -2.42. The standard InChI is InChI=1S/C15H24N2O3S/c1-8(2)7-17(9(3)4)15(20)16-13-12(14(18)19)10(5)11(6)21-13/h8-9H,7H2,1-6H3,(H,16,20)(H,18,19). The van der Waals surface area contributed by atoms with Crippen LogP contribution in [-0.4, -0.2) is 34.6 Å². The lowest BCUT2D eigenvalue weighted by Gasteiger charge is -2.28. The van der Waals surface area contributed by atoms with Crippen LogP contribution in [0.3, 0.4) is 0 Å². The molecule has 0 fully saturated rings. The van der Waals surface area contributed by atoms with E-state index < -0.39 is 5.97 Å². The molecule has 6 heteroatoms. The molecule has 0 radical (unpaired) electrons.